The Hall–Kier alpha value is -3.03. The Bertz CT molecular complexity index is 847. The maximum Gasteiger partial charge on any atom is 0.415 e. The van der Waals surface area contributed by atoms with Gasteiger partial charge in [0, 0.05) is 25.2 Å². The monoisotopic (exact) mass is 393 g/mol. The Morgan fingerprint density at radius 1 is 0.714 bits per heavy atom. The molecule has 0 saturated carbocycles. The van der Waals surface area contributed by atoms with E-state index in [1.165, 1.54) is 28.4 Å². The van der Waals surface area contributed by atoms with E-state index in [1.807, 2.05) is 13.8 Å². The van der Waals surface area contributed by atoms with Crippen molar-refractivity contribution in [1.82, 2.24) is 4.90 Å². The number of carbonyl (C=O) groups excluding carboxylic acids is 1. The molecule has 0 bridgehead atoms. The fourth-order valence-corrected chi connectivity index (χ4v) is 3.05. The van der Waals surface area contributed by atoms with E-state index in [1.54, 1.807) is 24.1 Å². The molecule has 0 spiro atoms. The van der Waals surface area contributed by atoms with Crippen molar-refractivity contribution in [2.45, 2.75) is 13.8 Å². The van der Waals surface area contributed by atoms with Gasteiger partial charge in [0.05, 0.1) is 46.3 Å². The summed E-state index contributed by atoms with van der Waals surface area (Å²) in [4.78, 5) is 14.1. The first-order valence-corrected chi connectivity index (χ1v) is 8.85. The largest absolute Gasteiger partial charge is 0.496 e. The zero-order valence-electron chi connectivity index (χ0n) is 17.4. The number of methoxy groups -OCH3 is 5. The zero-order valence-corrected chi connectivity index (χ0v) is 17.4. The van der Waals surface area contributed by atoms with Gasteiger partial charge in [0.15, 0.2) is 23.0 Å². The molecule has 0 saturated heterocycles. The molecule has 0 aliphatic heterocycles. The number of hydrogen-bond acceptors (Lipinski definition) is 7. The van der Waals surface area contributed by atoms with Gasteiger partial charge in [-0.05, 0) is 13.8 Å². The van der Waals surface area contributed by atoms with Crippen LogP contribution in [0.4, 0.5) is 4.79 Å². The quantitative estimate of drug-likeness (QED) is 0.676. The van der Waals surface area contributed by atoms with Gasteiger partial charge < -0.3 is 33.3 Å². The standard InChI is InChI=1S/C20H27NO7/c1-8-21(9-2)20(22)28-15-11-13(24-4)16-12(23-3)10-14(25-5)18(26-6)17(16)19(15)27-7/h10-11H,8-9H2,1-7H3. The molecule has 0 N–H and O–H groups in total. The molecule has 2 rings (SSSR count). The lowest BCUT2D eigenvalue weighted by Crippen LogP contribution is -2.33. The summed E-state index contributed by atoms with van der Waals surface area (Å²) in [5.41, 5.74) is 0. The fraction of sp³-hybridized carbons (Fsp3) is 0.450. The number of ether oxygens (including phenoxy) is 6. The predicted octanol–water partition coefficient (Wildman–Crippen LogP) is 3.72. The van der Waals surface area contributed by atoms with E-state index in [0.717, 1.165) is 0 Å². The Morgan fingerprint density at radius 2 is 1.18 bits per heavy atom. The summed E-state index contributed by atoms with van der Waals surface area (Å²) in [7, 11) is 7.59. The number of amides is 1. The van der Waals surface area contributed by atoms with Crippen LogP contribution in [0.5, 0.6) is 34.5 Å². The SMILES string of the molecule is CCN(CC)C(=O)Oc1cc(OC)c2c(OC)cc(OC)c(OC)c2c1OC. The van der Waals surface area contributed by atoms with E-state index in [9.17, 15) is 4.79 Å². The molecule has 0 aromatic heterocycles. The van der Waals surface area contributed by atoms with Crippen molar-refractivity contribution in [3.05, 3.63) is 12.1 Å². The van der Waals surface area contributed by atoms with Crippen LogP contribution in [0.1, 0.15) is 13.8 Å². The molecule has 8 nitrogen and oxygen atoms in total. The molecule has 0 heterocycles. The Balaban J connectivity index is 2.85. The van der Waals surface area contributed by atoms with Crippen LogP contribution in [-0.4, -0.2) is 59.6 Å². The van der Waals surface area contributed by atoms with E-state index >= 15 is 0 Å². The highest BCUT2D eigenvalue weighted by atomic mass is 16.6. The summed E-state index contributed by atoms with van der Waals surface area (Å²) in [5, 5.41) is 1.13. The third-order valence-electron chi connectivity index (χ3n) is 4.46. The number of carbonyl (C=O) groups is 1. The second-order valence-electron chi connectivity index (χ2n) is 5.71. The first-order valence-electron chi connectivity index (χ1n) is 8.85. The predicted molar refractivity (Wildman–Crippen MR) is 106 cm³/mol. The first-order chi connectivity index (χ1) is 13.5. The molecule has 2 aromatic rings. The van der Waals surface area contributed by atoms with Gasteiger partial charge in [-0.25, -0.2) is 4.79 Å². The molecule has 1 amide bonds. The molecule has 0 aliphatic rings. The number of fused-ring (bicyclic) bond motifs is 1. The third kappa shape index (κ3) is 3.67. The van der Waals surface area contributed by atoms with Crippen LogP contribution < -0.4 is 28.4 Å². The van der Waals surface area contributed by atoms with Crippen molar-refractivity contribution >= 4 is 16.9 Å². The summed E-state index contributed by atoms with van der Waals surface area (Å²) in [6, 6.07) is 3.29. The van der Waals surface area contributed by atoms with Crippen LogP contribution in [0.3, 0.4) is 0 Å². The summed E-state index contributed by atoms with van der Waals surface area (Å²) in [6.07, 6.45) is -0.487. The summed E-state index contributed by atoms with van der Waals surface area (Å²) < 4.78 is 33.3. The van der Waals surface area contributed by atoms with Crippen LogP contribution in [0.2, 0.25) is 0 Å². The number of rotatable bonds is 8. The lowest BCUT2D eigenvalue weighted by molar-refractivity contribution is 0.155. The average Bonchev–Trinajstić information content (AvgIpc) is 2.72. The molecule has 0 radical (unpaired) electrons. The smallest absolute Gasteiger partial charge is 0.415 e. The lowest BCUT2D eigenvalue weighted by atomic mass is 10.0. The summed E-state index contributed by atoms with van der Waals surface area (Å²) >= 11 is 0. The van der Waals surface area contributed by atoms with Gasteiger partial charge in [-0.2, -0.15) is 0 Å². The van der Waals surface area contributed by atoms with Gasteiger partial charge in [-0.15, -0.1) is 0 Å². The fourth-order valence-electron chi connectivity index (χ4n) is 3.05. The molecule has 0 atom stereocenters. The van der Waals surface area contributed by atoms with Crippen molar-refractivity contribution in [1.29, 1.82) is 0 Å². The molecule has 0 fully saturated rings. The lowest BCUT2D eigenvalue weighted by Gasteiger charge is -2.22. The van der Waals surface area contributed by atoms with E-state index in [0.29, 0.717) is 52.6 Å². The van der Waals surface area contributed by atoms with Gasteiger partial charge >= 0.3 is 6.09 Å². The van der Waals surface area contributed by atoms with Crippen LogP contribution in [-0.2, 0) is 0 Å². The summed E-state index contributed by atoms with van der Waals surface area (Å²) in [6.45, 7) is 4.80. The average molecular weight is 393 g/mol. The van der Waals surface area contributed by atoms with Crippen molar-refractivity contribution in [3.8, 4) is 34.5 Å². The zero-order chi connectivity index (χ0) is 20.8. The van der Waals surface area contributed by atoms with E-state index < -0.39 is 6.09 Å². The van der Waals surface area contributed by atoms with Crippen LogP contribution in [0, 0.1) is 0 Å². The normalized spacial score (nSPS) is 10.4. The van der Waals surface area contributed by atoms with E-state index in [-0.39, 0.29) is 5.75 Å². The molecular weight excluding hydrogens is 366 g/mol. The minimum Gasteiger partial charge on any atom is -0.496 e. The Kier molecular flexibility index (Phi) is 7.03. The highest BCUT2D eigenvalue weighted by Crippen LogP contribution is 2.52. The topological polar surface area (TPSA) is 75.7 Å². The second kappa shape index (κ2) is 9.25. The van der Waals surface area contributed by atoms with Gasteiger partial charge in [-0.1, -0.05) is 0 Å². The van der Waals surface area contributed by atoms with Gasteiger partial charge in [0.25, 0.3) is 0 Å². The van der Waals surface area contributed by atoms with Crippen LogP contribution in [0.25, 0.3) is 10.8 Å². The van der Waals surface area contributed by atoms with Gasteiger partial charge in [-0.3, -0.25) is 0 Å². The highest BCUT2D eigenvalue weighted by Gasteiger charge is 2.26. The van der Waals surface area contributed by atoms with Crippen LogP contribution in [0.15, 0.2) is 12.1 Å². The molecule has 8 heteroatoms. The third-order valence-corrected chi connectivity index (χ3v) is 4.46. The molecule has 28 heavy (non-hydrogen) atoms. The molecule has 0 unspecified atom stereocenters. The minimum absolute atomic E-state index is 0.206. The van der Waals surface area contributed by atoms with Crippen molar-refractivity contribution in [2.75, 3.05) is 48.6 Å². The van der Waals surface area contributed by atoms with Crippen LogP contribution >= 0.6 is 0 Å². The minimum atomic E-state index is -0.487. The van der Waals surface area contributed by atoms with Gasteiger partial charge in [0.2, 0.25) is 0 Å². The summed E-state index contributed by atoms with van der Waals surface area (Å²) in [5.74, 6) is 2.32. The Morgan fingerprint density at radius 3 is 1.61 bits per heavy atom. The number of benzene rings is 2. The van der Waals surface area contributed by atoms with Crippen molar-refractivity contribution in [2.24, 2.45) is 0 Å². The van der Waals surface area contributed by atoms with Gasteiger partial charge in [0.1, 0.15) is 11.5 Å². The maximum atomic E-state index is 12.5. The number of hydrogen-bond donors (Lipinski definition) is 0. The maximum absolute atomic E-state index is 12.5. The first kappa shape index (κ1) is 21.3. The second-order valence-corrected chi connectivity index (χ2v) is 5.71. The molecule has 2 aromatic carbocycles. The van der Waals surface area contributed by atoms with E-state index in [4.69, 9.17) is 28.4 Å². The molecular formula is C20H27NO7. The van der Waals surface area contributed by atoms with E-state index in [2.05, 4.69) is 0 Å². The molecule has 0 aliphatic carbocycles. The van der Waals surface area contributed by atoms with Crippen molar-refractivity contribution < 1.29 is 33.2 Å². The molecule has 154 valence electrons. The highest BCUT2D eigenvalue weighted by molar-refractivity contribution is 6.05. The number of nitrogens with zero attached hydrogens (tertiary/aromatic N) is 1. The van der Waals surface area contributed by atoms with Crippen molar-refractivity contribution in [3.63, 3.8) is 0 Å². The Labute approximate surface area is 164 Å².